The minimum absolute atomic E-state index is 0.615. The Labute approximate surface area is 156 Å². The highest BCUT2D eigenvalue weighted by Crippen LogP contribution is 2.31. The topological polar surface area (TPSA) is 53.5 Å². The summed E-state index contributed by atoms with van der Waals surface area (Å²) in [6.45, 7) is 8.49. The Morgan fingerprint density at radius 1 is 1.12 bits per heavy atom. The van der Waals surface area contributed by atoms with E-state index >= 15 is 0 Å². The number of rotatable bonds is 6. The summed E-state index contributed by atoms with van der Waals surface area (Å²) in [6, 6.07) is 6.28. The molecule has 26 heavy (non-hydrogen) atoms. The number of hydrogen-bond acceptors (Lipinski definition) is 6. The van der Waals surface area contributed by atoms with E-state index < -0.39 is 0 Å². The van der Waals surface area contributed by atoms with Crippen LogP contribution in [0.3, 0.4) is 0 Å². The van der Waals surface area contributed by atoms with Gasteiger partial charge in [0, 0.05) is 49.8 Å². The number of aromatic nitrogens is 2. The first kappa shape index (κ1) is 18.5. The van der Waals surface area contributed by atoms with Gasteiger partial charge < -0.3 is 19.9 Å². The van der Waals surface area contributed by atoms with Gasteiger partial charge in [-0.25, -0.2) is 9.97 Å². The number of likely N-dealkylation sites (N-methyl/N-ethyl adjacent to an activating group) is 1. The SMILES string of the molecule is CCc1cnc(Nc2ccc(N3CCN(C)CC3)cc2OC)nc1CC. The lowest BCUT2D eigenvalue weighted by Gasteiger charge is -2.34. The molecule has 0 spiro atoms. The number of piperazine rings is 1. The number of ether oxygens (including phenoxy) is 1. The predicted molar refractivity (Wildman–Crippen MR) is 107 cm³/mol. The van der Waals surface area contributed by atoms with Gasteiger partial charge in [0.05, 0.1) is 12.8 Å². The molecule has 1 fully saturated rings. The van der Waals surface area contributed by atoms with Crippen LogP contribution in [0.1, 0.15) is 25.1 Å². The van der Waals surface area contributed by atoms with Crippen molar-refractivity contribution in [3.8, 4) is 5.75 Å². The fourth-order valence-electron chi connectivity index (χ4n) is 3.27. The average molecular weight is 355 g/mol. The summed E-state index contributed by atoms with van der Waals surface area (Å²) < 4.78 is 5.62. The van der Waals surface area contributed by atoms with Gasteiger partial charge in [-0.1, -0.05) is 13.8 Å². The van der Waals surface area contributed by atoms with Crippen molar-refractivity contribution in [3.63, 3.8) is 0 Å². The van der Waals surface area contributed by atoms with E-state index in [1.807, 2.05) is 6.20 Å². The smallest absolute Gasteiger partial charge is 0.227 e. The number of aryl methyl sites for hydroxylation is 2. The monoisotopic (exact) mass is 355 g/mol. The van der Waals surface area contributed by atoms with Crippen molar-refractivity contribution < 1.29 is 4.74 Å². The minimum Gasteiger partial charge on any atom is -0.494 e. The molecule has 3 rings (SSSR count). The first-order valence-corrected chi connectivity index (χ1v) is 9.38. The molecule has 0 amide bonds. The first-order valence-electron chi connectivity index (χ1n) is 9.38. The van der Waals surface area contributed by atoms with Crippen LogP contribution in [-0.2, 0) is 12.8 Å². The third kappa shape index (κ3) is 4.07. The fourth-order valence-corrected chi connectivity index (χ4v) is 3.27. The molecule has 6 heteroatoms. The van der Waals surface area contributed by atoms with Gasteiger partial charge in [0.2, 0.25) is 5.95 Å². The Balaban J connectivity index is 1.80. The quantitative estimate of drug-likeness (QED) is 0.859. The van der Waals surface area contributed by atoms with Crippen molar-refractivity contribution in [2.24, 2.45) is 0 Å². The zero-order valence-corrected chi connectivity index (χ0v) is 16.2. The van der Waals surface area contributed by atoms with E-state index in [2.05, 4.69) is 64.2 Å². The Bertz CT molecular complexity index is 741. The molecule has 1 aliphatic rings. The van der Waals surface area contributed by atoms with Crippen molar-refractivity contribution in [2.45, 2.75) is 26.7 Å². The Morgan fingerprint density at radius 3 is 2.54 bits per heavy atom. The summed E-state index contributed by atoms with van der Waals surface area (Å²) in [5, 5.41) is 3.31. The summed E-state index contributed by atoms with van der Waals surface area (Å²) in [5.74, 6) is 1.42. The molecule has 0 bridgehead atoms. The highest BCUT2D eigenvalue weighted by Gasteiger charge is 2.16. The molecule has 0 radical (unpaired) electrons. The maximum absolute atomic E-state index is 5.62. The molecule has 2 heterocycles. The molecule has 2 aromatic rings. The second kappa shape index (κ2) is 8.36. The normalized spacial score (nSPS) is 15.2. The Kier molecular flexibility index (Phi) is 5.93. The maximum atomic E-state index is 5.62. The standard InChI is InChI=1S/C20H29N5O/c1-5-15-14-21-20(22-17(15)6-2)23-18-8-7-16(13-19(18)26-4)25-11-9-24(3)10-12-25/h7-8,13-14H,5-6,9-12H2,1-4H3,(H,21,22,23). The zero-order chi connectivity index (χ0) is 18.5. The molecule has 0 atom stereocenters. The molecule has 1 saturated heterocycles. The molecule has 1 N–H and O–H groups in total. The Hall–Kier alpha value is -2.34. The van der Waals surface area contributed by atoms with E-state index in [9.17, 15) is 0 Å². The molecular formula is C20H29N5O. The molecule has 1 aliphatic heterocycles. The van der Waals surface area contributed by atoms with Crippen LogP contribution >= 0.6 is 0 Å². The third-order valence-electron chi connectivity index (χ3n) is 4.97. The molecule has 0 aliphatic carbocycles. The summed E-state index contributed by atoms with van der Waals surface area (Å²) >= 11 is 0. The number of anilines is 3. The van der Waals surface area contributed by atoms with Gasteiger partial charge in [0.1, 0.15) is 5.75 Å². The zero-order valence-electron chi connectivity index (χ0n) is 16.2. The molecule has 6 nitrogen and oxygen atoms in total. The number of nitrogens with one attached hydrogen (secondary N) is 1. The van der Waals surface area contributed by atoms with Gasteiger partial charge in [-0.2, -0.15) is 0 Å². The van der Waals surface area contributed by atoms with Gasteiger partial charge in [-0.3, -0.25) is 0 Å². The second-order valence-corrected chi connectivity index (χ2v) is 6.67. The summed E-state index contributed by atoms with van der Waals surface area (Å²) in [5.41, 5.74) is 4.38. The number of benzene rings is 1. The number of hydrogen-bond donors (Lipinski definition) is 1. The predicted octanol–water partition coefficient (Wildman–Crippen LogP) is 3.11. The lowest BCUT2D eigenvalue weighted by Crippen LogP contribution is -2.44. The molecule has 1 aromatic carbocycles. The van der Waals surface area contributed by atoms with Crippen molar-refractivity contribution in [3.05, 3.63) is 35.7 Å². The van der Waals surface area contributed by atoms with Crippen molar-refractivity contribution in [1.82, 2.24) is 14.9 Å². The Morgan fingerprint density at radius 2 is 1.88 bits per heavy atom. The van der Waals surface area contributed by atoms with Gasteiger partial charge in [-0.05, 0) is 37.6 Å². The molecular weight excluding hydrogens is 326 g/mol. The first-order chi connectivity index (χ1) is 12.6. The average Bonchev–Trinajstić information content (AvgIpc) is 2.68. The molecule has 0 saturated carbocycles. The lowest BCUT2D eigenvalue weighted by atomic mass is 10.1. The van der Waals surface area contributed by atoms with Gasteiger partial charge in [0.15, 0.2) is 0 Å². The van der Waals surface area contributed by atoms with Crippen LogP contribution in [0.5, 0.6) is 5.75 Å². The lowest BCUT2D eigenvalue weighted by molar-refractivity contribution is 0.312. The van der Waals surface area contributed by atoms with Crippen molar-refractivity contribution in [1.29, 1.82) is 0 Å². The van der Waals surface area contributed by atoms with E-state index in [4.69, 9.17) is 4.74 Å². The van der Waals surface area contributed by atoms with Crippen LogP contribution < -0.4 is 15.0 Å². The highest BCUT2D eigenvalue weighted by atomic mass is 16.5. The second-order valence-electron chi connectivity index (χ2n) is 6.67. The van der Waals surface area contributed by atoms with Crippen LogP contribution in [0.2, 0.25) is 0 Å². The van der Waals surface area contributed by atoms with E-state index in [1.165, 1.54) is 11.3 Å². The molecule has 0 unspecified atom stereocenters. The van der Waals surface area contributed by atoms with E-state index in [0.717, 1.165) is 56.2 Å². The summed E-state index contributed by atoms with van der Waals surface area (Å²) in [6.07, 6.45) is 3.77. The number of methoxy groups -OCH3 is 1. The fraction of sp³-hybridized carbons (Fsp3) is 0.500. The van der Waals surface area contributed by atoms with Gasteiger partial charge >= 0.3 is 0 Å². The van der Waals surface area contributed by atoms with Crippen LogP contribution in [0.4, 0.5) is 17.3 Å². The van der Waals surface area contributed by atoms with E-state index in [1.54, 1.807) is 7.11 Å². The minimum atomic E-state index is 0.615. The van der Waals surface area contributed by atoms with Crippen LogP contribution in [-0.4, -0.2) is 55.2 Å². The molecule has 140 valence electrons. The van der Waals surface area contributed by atoms with Crippen LogP contribution in [0.25, 0.3) is 0 Å². The summed E-state index contributed by atoms with van der Waals surface area (Å²) in [4.78, 5) is 13.9. The van der Waals surface area contributed by atoms with Crippen molar-refractivity contribution in [2.75, 3.05) is 50.6 Å². The highest BCUT2D eigenvalue weighted by molar-refractivity contribution is 5.68. The van der Waals surface area contributed by atoms with E-state index in [-0.39, 0.29) is 0 Å². The number of nitrogens with zero attached hydrogens (tertiary/aromatic N) is 4. The van der Waals surface area contributed by atoms with Gasteiger partial charge in [-0.15, -0.1) is 0 Å². The van der Waals surface area contributed by atoms with Crippen LogP contribution in [0, 0.1) is 0 Å². The molecule has 1 aromatic heterocycles. The van der Waals surface area contributed by atoms with Crippen LogP contribution in [0.15, 0.2) is 24.4 Å². The largest absolute Gasteiger partial charge is 0.494 e. The van der Waals surface area contributed by atoms with Crippen molar-refractivity contribution >= 4 is 17.3 Å². The third-order valence-corrected chi connectivity index (χ3v) is 4.97. The maximum Gasteiger partial charge on any atom is 0.227 e. The van der Waals surface area contributed by atoms with Gasteiger partial charge in [0.25, 0.3) is 0 Å². The summed E-state index contributed by atoms with van der Waals surface area (Å²) in [7, 11) is 3.87. The van der Waals surface area contributed by atoms with E-state index in [0.29, 0.717) is 5.95 Å².